The average Bonchev–Trinajstić information content (AvgIpc) is 3.01. The minimum absolute atomic E-state index is 0.150. The molecular formula is C25H26ClFN2O. The molecule has 3 aliphatic rings. The molecule has 1 aromatic carbocycles. The fourth-order valence-electron chi connectivity index (χ4n) is 6.97. The summed E-state index contributed by atoms with van der Waals surface area (Å²) in [6, 6.07) is 7.51. The van der Waals surface area contributed by atoms with Crippen molar-refractivity contribution in [2.75, 3.05) is 0 Å². The Morgan fingerprint density at radius 1 is 1.27 bits per heavy atom. The standard InChI is InChI=1S/C25H26ClFN2O/c1-24-9-6-18-17-3-2-16(13-28)23(27)20(17)5-4-19(18)21(24)7-10-25(24,30)12-15-8-11-29-14-22(15)26/h2-3,8,11,14,18-19,21,30H,4-7,9-10,12H2,1H3/t18?,19?,21?,24-,25+/m0/s1. The Bertz CT molecular complexity index is 1050. The highest BCUT2D eigenvalue weighted by molar-refractivity contribution is 6.31. The third kappa shape index (κ3) is 2.75. The number of nitrogens with zero attached hydrogens (tertiary/aromatic N) is 2. The molecule has 0 radical (unpaired) electrons. The molecule has 5 rings (SSSR count). The molecule has 2 fully saturated rings. The minimum Gasteiger partial charge on any atom is -0.389 e. The highest BCUT2D eigenvalue weighted by Gasteiger charge is 2.61. The van der Waals surface area contributed by atoms with Gasteiger partial charge in [-0.25, -0.2) is 4.39 Å². The van der Waals surface area contributed by atoms with Crippen LogP contribution in [-0.4, -0.2) is 15.7 Å². The third-order valence-electron chi connectivity index (χ3n) is 8.63. The van der Waals surface area contributed by atoms with Crippen molar-refractivity contribution in [2.45, 2.75) is 63.4 Å². The molecule has 5 heteroatoms. The summed E-state index contributed by atoms with van der Waals surface area (Å²) in [6.45, 7) is 2.25. The first-order valence-electron chi connectivity index (χ1n) is 10.9. The normalized spacial score (nSPS) is 34.6. The van der Waals surface area contributed by atoms with Crippen molar-refractivity contribution in [3.63, 3.8) is 0 Å². The van der Waals surface area contributed by atoms with E-state index in [-0.39, 0.29) is 16.8 Å². The van der Waals surface area contributed by atoms with Crippen LogP contribution in [0.2, 0.25) is 5.02 Å². The van der Waals surface area contributed by atoms with Gasteiger partial charge in [0.1, 0.15) is 11.9 Å². The summed E-state index contributed by atoms with van der Waals surface area (Å²) in [7, 11) is 0. The Balaban J connectivity index is 1.47. The molecule has 3 aliphatic carbocycles. The van der Waals surface area contributed by atoms with Gasteiger partial charge in [-0.3, -0.25) is 4.98 Å². The maximum atomic E-state index is 14.8. The summed E-state index contributed by atoms with van der Waals surface area (Å²) in [5.74, 6) is 0.859. The maximum absolute atomic E-state index is 14.8. The number of rotatable bonds is 2. The number of hydrogen-bond donors (Lipinski definition) is 1. The Morgan fingerprint density at radius 2 is 2.10 bits per heavy atom. The van der Waals surface area contributed by atoms with E-state index in [2.05, 4.69) is 11.9 Å². The van der Waals surface area contributed by atoms with Crippen LogP contribution in [0.15, 0.2) is 30.6 Å². The van der Waals surface area contributed by atoms with Crippen LogP contribution in [0.4, 0.5) is 4.39 Å². The summed E-state index contributed by atoms with van der Waals surface area (Å²) < 4.78 is 14.8. The van der Waals surface area contributed by atoms with E-state index in [1.165, 1.54) is 0 Å². The van der Waals surface area contributed by atoms with Gasteiger partial charge in [-0.2, -0.15) is 5.26 Å². The lowest BCUT2D eigenvalue weighted by Crippen LogP contribution is -2.52. The molecule has 0 aliphatic heterocycles. The van der Waals surface area contributed by atoms with Gasteiger partial charge in [0, 0.05) is 18.8 Å². The predicted molar refractivity (Wildman–Crippen MR) is 114 cm³/mol. The molecule has 0 saturated heterocycles. The van der Waals surface area contributed by atoms with E-state index in [0.29, 0.717) is 35.6 Å². The number of pyridine rings is 1. The number of nitriles is 1. The number of halogens is 2. The second kappa shape index (κ2) is 7.04. The van der Waals surface area contributed by atoms with Gasteiger partial charge in [0.05, 0.1) is 16.2 Å². The van der Waals surface area contributed by atoms with E-state index in [4.69, 9.17) is 11.6 Å². The molecule has 5 atom stereocenters. The van der Waals surface area contributed by atoms with Gasteiger partial charge in [0.25, 0.3) is 0 Å². The fourth-order valence-corrected chi connectivity index (χ4v) is 7.16. The second-order valence-corrected chi connectivity index (χ2v) is 10.1. The van der Waals surface area contributed by atoms with Crippen LogP contribution in [0.1, 0.15) is 67.2 Å². The average molecular weight is 425 g/mol. The molecule has 0 amide bonds. The van der Waals surface area contributed by atoms with Gasteiger partial charge < -0.3 is 5.11 Å². The summed E-state index contributed by atoms with van der Waals surface area (Å²) in [4.78, 5) is 4.07. The second-order valence-electron chi connectivity index (χ2n) is 9.69. The zero-order valence-corrected chi connectivity index (χ0v) is 17.9. The zero-order valence-electron chi connectivity index (χ0n) is 17.2. The van der Waals surface area contributed by atoms with Crippen LogP contribution in [0.25, 0.3) is 0 Å². The predicted octanol–water partition coefficient (Wildman–Crippen LogP) is 5.58. The van der Waals surface area contributed by atoms with Gasteiger partial charge in [-0.15, -0.1) is 0 Å². The number of aliphatic hydroxyl groups is 1. The lowest BCUT2D eigenvalue weighted by Gasteiger charge is -2.53. The van der Waals surface area contributed by atoms with Crippen molar-refractivity contribution in [2.24, 2.45) is 17.3 Å². The van der Waals surface area contributed by atoms with Crippen LogP contribution in [0.3, 0.4) is 0 Å². The number of hydrogen-bond acceptors (Lipinski definition) is 3. The highest BCUT2D eigenvalue weighted by Crippen LogP contribution is 2.65. The first-order valence-corrected chi connectivity index (χ1v) is 11.3. The Kier molecular flexibility index (Phi) is 4.69. The molecule has 156 valence electrons. The number of aromatic nitrogens is 1. The Hall–Kier alpha value is -1.96. The van der Waals surface area contributed by atoms with Crippen LogP contribution in [-0.2, 0) is 12.8 Å². The summed E-state index contributed by atoms with van der Waals surface area (Å²) >= 11 is 6.36. The first kappa shape index (κ1) is 20.0. The minimum atomic E-state index is -0.788. The SMILES string of the molecule is C[C@]12CCC3c4ccc(C#N)c(F)c4CCC3C1CC[C@@]2(O)Cc1ccncc1Cl. The molecule has 1 aromatic heterocycles. The molecule has 3 unspecified atom stereocenters. The van der Waals surface area contributed by atoms with Crippen LogP contribution < -0.4 is 0 Å². The van der Waals surface area contributed by atoms with E-state index in [0.717, 1.165) is 48.8 Å². The van der Waals surface area contributed by atoms with Crippen molar-refractivity contribution in [1.29, 1.82) is 5.26 Å². The van der Waals surface area contributed by atoms with Crippen LogP contribution in [0.5, 0.6) is 0 Å². The van der Waals surface area contributed by atoms with Gasteiger partial charge in [-0.1, -0.05) is 24.6 Å². The van der Waals surface area contributed by atoms with Gasteiger partial charge in [0.15, 0.2) is 0 Å². The molecular weight excluding hydrogens is 399 g/mol. The van der Waals surface area contributed by atoms with E-state index in [1.54, 1.807) is 18.5 Å². The lowest BCUT2D eigenvalue weighted by molar-refractivity contribution is -0.102. The third-order valence-corrected chi connectivity index (χ3v) is 8.97. The van der Waals surface area contributed by atoms with Crippen molar-refractivity contribution < 1.29 is 9.50 Å². The first-order chi connectivity index (χ1) is 14.4. The number of benzene rings is 1. The monoisotopic (exact) mass is 424 g/mol. The van der Waals surface area contributed by atoms with E-state index >= 15 is 0 Å². The highest BCUT2D eigenvalue weighted by atomic mass is 35.5. The molecule has 2 saturated carbocycles. The van der Waals surface area contributed by atoms with Gasteiger partial charge in [0.2, 0.25) is 0 Å². The summed E-state index contributed by atoms with van der Waals surface area (Å²) in [6.07, 6.45) is 9.16. The Labute approximate surface area is 181 Å². The summed E-state index contributed by atoms with van der Waals surface area (Å²) in [5.41, 5.74) is 1.98. The van der Waals surface area contributed by atoms with Crippen molar-refractivity contribution in [3.8, 4) is 6.07 Å². The van der Waals surface area contributed by atoms with E-state index < -0.39 is 5.60 Å². The molecule has 30 heavy (non-hydrogen) atoms. The lowest BCUT2D eigenvalue weighted by atomic mass is 9.52. The van der Waals surface area contributed by atoms with E-state index in [1.807, 2.05) is 18.2 Å². The number of fused-ring (bicyclic) bond motifs is 5. The van der Waals surface area contributed by atoms with Gasteiger partial charge in [-0.05, 0) is 90.5 Å². The molecule has 1 N–H and O–H groups in total. The maximum Gasteiger partial charge on any atom is 0.144 e. The van der Waals surface area contributed by atoms with Crippen molar-refractivity contribution in [3.05, 3.63) is 63.7 Å². The molecule has 3 nitrogen and oxygen atoms in total. The van der Waals surface area contributed by atoms with Crippen LogP contribution >= 0.6 is 11.6 Å². The quantitative estimate of drug-likeness (QED) is 0.685. The molecule has 0 spiro atoms. The van der Waals surface area contributed by atoms with Crippen molar-refractivity contribution in [1.82, 2.24) is 4.98 Å². The largest absolute Gasteiger partial charge is 0.389 e. The molecule has 1 heterocycles. The van der Waals surface area contributed by atoms with Crippen molar-refractivity contribution >= 4 is 11.6 Å². The smallest absolute Gasteiger partial charge is 0.144 e. The zero-order chi connectivity index (χ0) is 21.1. The van der Waals surface area contributed by atoms with Gasteiger partial charge >= 0.3 is 0 Å². The molecule has 2 aromatic rings. The van der Waals surface area contributed by atoms with E-state index in [9.17, 15) is 14.8 Å². The van der Waals surface area contributed by atoms with Crippen LogP contribution in [0, 0.1) is 34.4 Å². The Morgan fingerprint density at radius 3 is 2.87 bits per heavy atom. The topological polar surface area (TPSA) is 56.9 Å². The molecule has 0 bridgehead atoms. The fraction of sp³-hybridized carbons (Fsp3) is 0.520. The summed E-state index contributed by atoms with van der Waals surface area (Å²) in [5, 5.41) is 21.6.